The van der Waals surface area contributed by atoms with Crippen LogP contribution < -0.4 is 15.6 Å². The summed E-state index contributed by atoms with van der Waals surface area (Å²) in [6.45, 7) is 2.81. The average molecular weight is 454 g/mol. The summed E-state index contributed by atoms with van der Waals surface area (Å²) < 4.78 is 6.41. The standard InChI is InChI=1S/C20H22BrClN2O3/c1-2-3-4-5-12-27-18-11-8-15(13-17(18)21)20(26)24-23-19(25)14-6-9-16(22)10-7-14/h6-11,13H,2-5,12H2,1H3,(H,23,25)(H,24,26). The lowest BCUT2D eigenvalue weighted by atomic mass is 10.2. The number of unbranched alkanes of at least 4 members (excludes halogenated alkanes) is 3. The summed E-state index contributed by atoms with van der Waals surface area (Å²) in [6.07, 6.45) is 4.52. The Morgan fingerprint density at radius 3 is 2.22 bits per heavy atom. The third-order valence-corrected chi connectivity index (χ3v) is 4.72. The Morgan fingerprint density at radius 1 is 0.963 bits per heavy atom. The fourth-order valence-corrected chi connectivity index (χ4v) is 2.95. The molecule has 0 saturated carbocycles. The maximum atomic E-state index is 12.2. The Labute approximate surface area is 172 Å². The Kier molecular flexibility index (Phi) is 8.61. The summed E-state index contributed by atoms with van der Waals surface area (Å²) in [6, 6.07) is 11.4. The predicted molar refractivity (Wildman–Crippen MR) is 110 cm³/mol. The second-order valence-electron chi connectivity index (χ2n) is 5.97. The highest BCUT2D eigenvalue weighted by atomic mass is 79.9. The molecule has 0 heterocycles. The fraction of sp³-hybridized carbons (Fsp3) is 0.300. The highest BCUT2D eigenvalue weighted by Gasteiger charge is 2.11. The number of amides is 2. The van der Waals surface area contributed by atoms with Gasteiger partial charge in [0, 0.05) is 16.1 Å². The second kappa shape index (κ2) is 10.9. The molecule has 0 atom stereocenters. The van der Waals surface area contributed by atoms with Crippen LogP contribution in [0.3, 0.4) is 0 Å². The molecule has 2 aromatic carbocycles. The highest BCUT2D eigenvalue weighted by Crippen LogP contribution is 2.26. The number of hydrogen-bond donors (Lipinski definition) is 2. The smallest absolute Gasteiger partial charge is 0.269 e. The van der Waals surface area contributed by atoms with Gasteiger partial charge < -0.3 is 4.74 Å². The zero-order chi connectivity index (χ0) is 19.6. The molecule has 0 bridgehead atoms. The normalized spacial score (nSPS) is 10.3. The molecule has 0 aromatic heterocycles. The van der Waals surface area contributed by atoms with Crippen LogP contribution in [0, 0.1) is 0 Å². The number of nitrogens with one attached hydrogen (secondary N) is 2. The highest BCUT2D eigenvalue weighted by molar-refractivity contribution is 9.10. The minimum Gasteiger partial charge on any atom is -0.492 e. The molecule has 0 aliphatic carbocycles. The molecule has 0 unspecified atom stereocenters. The van der Waals surface area contributed by atoms with Crippen LogP contribution in [0.15, 0.2) is 46.9 Å². The van der Waals surface area contributed by atoms with Gasteiger partial charge in [0.05, 0.1) is 11.1 Å². The van der Waals surface area contributed by atoms with Crippen molar-refractivity contribution in [2.75, 3.05) is 6.61 Å². The molecular formula is C20H22BrClN2O3. The molecule has 144 valence electrons. The predicted octanol–water partition coefficient (Wildman–Crippen LogP) is 5.14. The quantitative estimate of drug-likeness (QED) is 0.430. The molecule has 5 nitrogen and oxygen atoms in total. The molecule has 0 aliphatic rings. The molecule has 0 fully saturated rings. The number of halogens is 2. The van der Waals surface area contributed by atoms with Gasteiger partial charge in [0.1, 0.15) is 5.75 Å². The van der Waals surface area contributed by atoms with Gasteiger partial charge >= 0.3 is 0 Å². The van der Waals surface area contributed by atoms with Gasteiger partial charge in [0.15, 0.2) is 0 Å². The molecular weight excluding hydrogens is 432 g/mol. The number of benzene rings is 2. The van der Waals surface area contributed by atoms with Crippen LogP contribution in [-0.4, -0.2) is 18.4 Å². The Hall–Kier alpha value is -2.05. The van der Waals surface area contributed by atoms with E-state index in [-0.39, 0.29) is 0 Å². The van der Waals surface area contributed by atoms with Crippen LogP contribution in [0.25, 0.3) is 0 Å². The zero-order valence-electron chi connectivity index (χ0n) is 15.1. The van der Waals surface area contributed by atoms with E-state index in [1.54, 1.807) is 42.5 Å². The fourth-order valence-electron chi connectivity index (χ4n) is 2.33. The van der Waals surface area contributed by atoms with E-state index in [1.807, 2.05) is 0 Å². The third-order valence-electron chi connectivity index (χ3n) is 3.85. The first kappa shape index (κ1) is 21.3. The number of hydrogen-bond acceptors (Lipinski definition) is 3. The Bertz CT molecular complexity index is 781. The maximum absolute atomic E-state index is 12.2. The molecule has 0 spiro atoms. The van der Waals surface area contributed by atoms with Crippen LogP contribution in [-0.2, 0) is 0 Å². The zero-order valence-corrected chi connectivity index (χ0v) is 17.4. The molecule has 2 aromatic rings. The molecule has 2 amide bonds. The van der Waals surface area contributed by atoms with E-state index < -0.39 is 11.8 Å². The van der Waals surface area contributed by atoms with Crippen molar-refractivity contribution in [1.29, 1.82) is 0 Å². The van der Waals surface area contributed by atoms with E-state index in [0.717, 1.165) is 12.8 Å². The Balaban J connectivity index is 1.86. The van der Waals surface area contributed by atoms with E-state index in [1.165, 1.54) is 12.8 Å². The minimum atomic E-state index is -0.425. The second-order valence-corrected chi connectivity index (χ2v) is 7.26. The van der Waals surface area contributed by atoms with Crippen molar-refractivity contribution in [1.82, 2.24) is 10.9 Å². The largest absolute Gasteiger partial charge is 0.492 e. The van der Waals surface area contributed by atoms with Crippen molar-refractivity contribution in [3.63, 3.8) is 0 Å². The van der Waals surface area contributed by atoms with Gasteiger partial charge in [-0.25, -0.2) is 0 Å². The van der Waals surface area contributed by atoms with Crippen LogP contribution in [0.4, 0.5) is 0 Å². The lowest BCUT2D eigenvalue weighted by Gasteiger charge is -2.11. The number of carbonyl (C=O) groups is 2. The summed E-state index contributed by atoms with van der Waals surface area (Å²) in [4.78, 5) is 24.2. The van der Waals surface area contributed by atoms with Crippen molar-refractivity contribution >= 4 is 39.3 Å². The molecule has 0 radical (unpaired) electrons. The van der Waals surface area contributed by atoms with Crippen molar-refractivity contribution < 1.29 is 14.3 Å². The molecule has 2 rings (SSSR count). The first-order chi connectivity index (χ1) is 13.0. The van der Waals surface area contributed by atoms with Gasteiger partial charge in [0.2, 0.25) is 0 Å². The van der Waals surface area contributed by atoms with Crippen LogP contribution >= 0.6 is 27.5 Å². The number of ether oxygens (including phenoxy) is 1. The van der Waals surface area contributed by atoms with Gasteiger partial charge in [-0.3, -0.25) is 20.4 Å². The molecule has 7 heteroatoms. The number of hydrazine groups is 1. The lowest BCUT2D eigenvalue weighted by molar-refractivity contribution is 0.0846. The van der Waals surface area contributed by atoms with Crippen molar-refractivity contribution in [3.05, 3.63) is 63.1 Å². The minimum absolute atomic E-state index is 0.396. The van der Waals surface area contributed by atoms with Gasteiger partial charge in [-0.05, 0) is 64.8 Å². The van der Waals surface area contributed by atoms with Crippen molar-refractivity contribution in [2.24, 2.45) is 0 Å². The SMILES string of the molecule is CCCCCCOc1ccc(C(=O)NNC(=O)c2ccc(Cl)cc2)cc1Br. The average Bonchev–Trinajstić information content (AvgIpc) is 2.67. The molecule has 2 N–H and O–H groups in total. The summed E-state index contributed by atoms with van der Waals surface area (Å²) in [7, 11) is 0. The lowest BCUT2D eigenvalue weighted by Crippen LogP contribution is -2.41. The van der Waals surface area contributed by atoms with E-state index in [9.17, 15) is 9.59 Å². The van der Waals surface area contributed by atoms with E-state index in [2.05, 4.69) is 33.7 Å². The summed E-state index contributed by atoms with van der Waals surface area (Å²) in [5.41, 5.74) is 5.56. The van der Waals surface area contributed by atoms with Gasteiger partial charge in [-0.2, -0.15) is 0 Å². The van der Waals surface area contributed by atoms with Crippen LogP contribution in [0.5, 0.6) is 5.75 Å². The molecule has 27 heavy (non-hydrogen) atoms. The summed E-state index contributed by atoms with van der Waals surface area (Å²) in [5.74, 6) is -0.160. The van der Waals surface area contributed by atoms with E-state index in [4.69, 9.17) is 16.3 Å². The number of carbonyl (C=O) groups excluding carboxylic acids is 2. The topological polar surface area (TPSA) is 67.4 Å². The van der Waals surface area contributed by atoms with E-state index >= 15 is 0 Å². The third kappa shape index (κ3) is 6.88. The number of rotatable bonds is 8. The maximum Gasteiger partial charge on any atom is 0.269 e. The van der Waals surface area contributed by atoms with Crippen molar-refractivity contribution in [2.45, 2.75) is 32.6 Å². The Morgan fingerprint density at radius 2 is 1.59 bits per heavy atom. The first-order valence-corrected chi connectivity index (χ1v) is 9.97. The van der Waals surface area contributed by atoms with E-state index in [0.29, 0.717) is 33.0 Å². The first-order valence-electron chi connectivity index (χ1n) is 8.80. The van der Waals surface area contributed by atoms with Crippen LogP contribution in [0.2, 0.25) is 5.02 Å². The van der Waals surface area contributed by atoms with Gasteiger partial charge in [0.25, 0.3) is 11.8 Å². The molecule has 0 saturated heterocycles. The summed E-state index contributed by atoms with van der Waals surface area (Å²) in [5, 5.41) is 0.535. The summed E-state index contributed by atoms with van der Waals surface area (Å²) >= 11 is 9.21. The van der Waals surface area contributed by atoms with Crippen molar-refractivity contribution in [3.8, 4) is 5.75 Å². The van der Waals surface area contributed by atoms with Crippen LogP contribution in [0.1, 0.15) is 53.3 Å². The molecule has 0 aliphatic heterocycles. The van der Waals surface area contributed by atoms with Gasteiger partial charge in [-0.15, -0.1) is 0 Å². The van der Waals surface area contributed by atoms with Gasteiger partial charge in [-0.1, -0.05) is 37.8 Å². The monoisotopic (exact) mass is 452 g/mol.